The molecule has 0 aromatic carbocycles. The summed E-state index contributed by atoms with van der Waals surface area (Å²) in [6, 6.07) is 0. The first-order chi connectivity index (χ1) is 33.0. The van der Waals surface area contributed by atoms with Crippen molar-refractivity contribution in [2.75, 3.05) is 13.2 Å². The van der Waals surface area contributed by atoms with Gasteiger partial charge in [0.25, 0.3) is 0 Å². The lowest BCUT2D eigenvalue weighted by atomic mass is 10.0. The molecule has 0 aromatic rings. The number of esters is 3. The standard InChI is InChI=1S/C61H102O6/c1-4-7-10-13-16-19-22-25-28-30-33-36-39-42-45-48-51-54-60(63)66-57-58(56-65-59(62)53-50-47-44-41-38-35-32-27-24-21-18-15-12-9-6-3)67-61(64)55-52-49-46-43-40-37-34-31-29-26-23-20-17-14-11-8-5-2/h7,10,13,16,18-19,21-22,24-25,27-28,30,33,36,39,58H,4-6,8-9,11-12,14-15,17,20,23,26,29,31-32,34-35,37-38,40-57H2,1-3H3/b10-7-,16-13-,21-18-,22-19-,27-24-,28-25-,33-30+,39-36-. The van der Waals surface area contributed by atoms with Gasteiger partial charge in [0, 0.05) is 19.3 Å². The van der Waals surface area contributed by atoms with E-state index < -0.39 is 6.10 Å². The molecule has 0 aromatic heterocycles. The van der Waals surface area contributed by atoms with Crippen LogP contribution in [0.1, 0.15) is 252 Å². The maximum Gasteiger partial charge on any atom is 0.306 e. The molecule has 1 unspecified atom stereocenters. The second kappa shape index (κ2) is 54.9. The third-order valence-electron chi connectivity index (χ3n) is 11.8. The lowest BCUT2D eigenvalue weighted by Gasteiger charge is -2.18. The number of hydrogen-bond donors (Lipinski definition) is 0. The Labute approximate surface area is 413 Å². The minimum Gasteiger partial charge on any atom is -0.462 e. The molecule has 0 radical (unpaired) electrons. The zero-order valence-corrected chi connectivity index (χ0v) is 43.6. The van der Waals surface area contributed by atoms with Crippen LogP contribution in [0.4, 0.5) is 0 Å². The maximum absolute atomic E-state index is 12.8. The quantitative estimate of drug-likeness (QED) is 0.0262. The van der Waals surface area contributed by atoms with Crippen LogP contribution in [0, 0.1) is 0 Å². The van der Waals surface area contributed by atoms with E-state index in [2.05, 4.69) is 57.2 Å². The highest BCUT2D eigenvalue weighted by Crippen LogP contribution is 2.16. The maximum atomic E-state index is 12.8. The Bertz CT molecular complexity index is 1350. The lowest BCUT2D eigenvalue weighted by Crippen LogP contribution is -2.30. The van der Waals surface area contributed by atoms with Gasteiger partial charge in [-0.15, -0.1) is 0 Å². The molecule has 0 bridgehead atoms. The minimum absolute atomic E-state index is 0.0973. The van der Waals surface area contributed by atoms with Gasteiger partial charge in [-0.2, -0.15) is 0 Å². The molecule has 0 N–H and O–H groups in total. The van der Waals surface area contributed by atoms with Crippen LogP contribution < -0.4 is 0 Å². The molecule has 1 atom stereocenters. The SMILES string of the molecule is CC\C=C/C=C\C=C/C=C\C=C\C=C/CCCCCC(=O)OCC(COC(=O)CCCCCCCC/C=C\C=C/CCCCC)OC(=O)CCCCCCCCCCCCCCCCCCC. The number of carbonyl (C=O) groups excluding carboxylic acids is 3. The van der Waals surface area contributed by atoms with Crippen molar-refractivity contribution in [1.29, 1.82) is 0 Å². The van der Waals surface area contributed by atoms with Gasteiger partial charge in [-0.1, -0.05) is 266 Å². The first-order valence-corrected chi connectivity index (χ1v) is 27.8. The molecular formula is C61H102O6. The summed E-state index contributed by atoms with van der Waals surface area (Å²) in [6.45, 7) is 6.43. The molecule has 67 heavy (non-hydrogen) atoms. The van der Waals surface area contributed by atoms with E-state index in [1.165, 1.54) is 135 Å². The Morgan fingerprint density at radius 2 is 0.582 bits per heavy atom. The van der Waals surface area contributed by atoms with E-state index in [1.807, 2.05) is 60.8 Å². The number of unbranched alkanes of at least 4 members (excludes halogenated alkanes) is 28. The van der Waals surface area contributed by atoms with Gasteiger partial charge in [0.05, 0.1) is 0 Å². The molecule has 0 aliphatic heterocycles. The first kappa shape index (κ1) is 63.3. The number of allylic oxidation sites excluding steroid dienone is 16. The highest BCUT2D eigenvalue weighted by molar-refractivity contribution is 5.71. The van der Waals surface area contributed by atoms with E-state index in [0.29, 0.717) is 19.3 Å². The Hall–Kier alpha value is -3.67. The van der Waals surface area contributed by atoms with E-state index in [9.17, 15) is 14.4 Å². The fraction of sp³-hybridized carbons (Fsp3) is 0.689. The minimum atomic E-state index is -0.800. The van der Waals surface area contributed by atoms with E-state index in [4.69, 9.17) is 14.2 Å². The zero-order valence-electron chi connectivity index (χ0n) is 43.6. The summed E-state index contributed by atoms with van der Waals surface area (Å²) in [5, 5.41) is 0. The fourth-order valence-electron chi connectivity index (χ4n) is 7.58. The number of rotatable bonds is 49. The smallest absolute Gasteiger partial charge is 0.306 e. The van der Waals surface area contributed by atoms with Gasteiger partial charge < -0.3 is 14.2 Å². The van der Waals surface area contributed by atoms with Gasteiger partial charge in [-0.05, 0) is 64.2 Å². The summed E-state index contributed by atoms with van der Waals surface area (Å²) in [7, 11) is 0. The molecular weight excluding hydrogens is 829 g/mol. The van der Waals surface area contributed by atoms with Gasteiger partial charge in [0.1, 0.15) is 13.2 Å². The van der Waals surface area contributed by atoms with Crippen molar-refractivity contribution in [3.8, 4) is 0 Å². The van der Waals surface area contributed by atoms with Crippen molar-refractivity contribution in [2.45, 2.75) is 258 Å². The van der Waals surface area contributed by atoms with Gasteiger partial charge in [-0.3, -0.25) is 14.4 Å². The highest BCUT2D eigenvalue weighted by atomic mass is 16.6. The van der Waals surface area contributed by atoms with Crippen molar-refractivity contribution in [2.24, 2.45) is 0 Å². The molecule has 0 aliphatic rings. The fourth-order valence-corrected chi connectivity index (χ4v) is 7.58. The molecule has 6 nitrogen and oxygen atoms in total. The summed E-state index contributed by atoms with van der Waals surface area (Å²) in [5.41, 5.74) is 0. The highest BCUT2D eigenvalue weighted by Gasteiger charge is 2.19. The Morgan fingerprint density at radius 3 is 0.970 bits per heavy atom. The number of hydrogen-bond acceptors (Lipinski definition) is 6. The van der Waals surface area contributed by atoms with Crippen LogP contribution in [0.15, 0.2) is 97.2 Å². The second-order valence-electron chi connectivity index (χ2n) is 18.3. The van der Waals surface area contributed by atoms with E-state index >= 15 is 0 Å². The van der Waals surface area contributed by atoms with E-state index in [0.717, 1.165) is 77.0 Å². The van der Waals surface area contributed by atoms with Crippen molar-refractivity contribution < 1.29 is 28.6 Å². The topological polar surface area (TPSA) is 78.9 Å². The molecule has 0 saturated heterocycles. The molecule has 0 spiro atoms. The summed E-state index contributed by atoms with van der Waals surface area (Å²) in [5.74, 6) is -0.948. The molecule has 0 aliphatic carbocycles. The van der Waals surface area contributed by atoms with Gasteiger partial charge >= 0.3 is 17.9 Å². The van der Waals surface area contributed by atoms with Crippen LogP contribution in [0.25, 0.3) is 0 Å². The van der Waals surface area contributed by atoms with Crippen LogP contribution in [0.5, 0.6) is 0 Å². The van der Waals surface area contributed by atoms with E-state index in [1.54, 1.807) is 0 Å². The third kappa shape index (κ3) is 53.2. The number of carbonyl (C=O) groups is 3. The summed E-state index contributed by atoms with van der Waals surface area (Å²) < 4.78 is 16.8. The van der Waals surface area contributed by atoms with Gasteiger partial charge in [0.2, 0.25) is 0 Å². The normalized spacial score (nSPS) is 12.8. The molecule has 0 rings (SSSR count). The molecule has 0 saturated carbocycles. The Morgan fingerprint density at radius 1 is 0.313 bits per heavy atom. The van der Waals surface area contributed by atoms with Crippen molar-refractivity contribution in [3.63, 3.8) is 0 Å². The molecule has 0 amide bonds. The zero-order chi connectivity index (χ0) is 48.6. The van der Waals surface area contributed by atoms with Crippen LogP contribution in [0.3, 0.4) is 0 Å². The Kier molecular flexibility index (Phi) is 51.9. The number of ether oxygens (including phenoxy) is 3. The predicted molar refractivity (Wildman–Crippen MR) is 288 cm³/mol. The van der Waals surface area contributed by atoms with Crippen LogP contribution in [0.2, 0.25) is 0 Å². The molecule has 0 heterocycles. The second-order valence-corrected chi connectivity index (χ2v) is 18.3. The average molecular weight is 931 g/mol. The molecule has 382 valence electrons. The van der Waals surface area contributed by atoms with Crippen LogP contribution >= 0.6 is 0 Å². The summed E-state index contributed by atoms with van der Waals surface area (Å²) in [6.07, 6.45) is 72.4. The molecule has 6 heteroatoms. The van der Waals surface area contributed by atoms with Crippen molar-refractivity contribution >= 4 is 17.9 Å². The Balaban J connectivity index is 4.48. The van der Waals surface area contributed by atoms with Crippen molar-refractivity contribution in [1.82, 2.24) is 0 Å². The van der Waals surface area contributed by atoms with E-state index in [-0.39, 0.29) is 31.1 Å². The third-order valence-corrected chi connectivity index (χ3v) is 11.8. The van der Waals surface area contributed by atoms with Crippen LogP contribution in [-0.4, -0.2) is 37.2 Å². The first-order valence-electron chi connectivity index (χ1n) is 27.8. The predicted octanol–water partition coefficient (Wildman–Crippen LogP) is 18.5. The van der Waals surface area contributed by atoms with Gasteiger partial charge in [-0.25, -0.2) is 0 Å². The average Bonchev–Trinajstić information content (AvgIpc) is 3.33. The molecule has 0 fully saturated rings. The van der Waals surface area contributed by atoms with Crippen LogP contribution in [-0.2, 0) is 28.6 Å². The summed E-state index contributed by atoms with van der Waals surface area (Å²) in [4.78, 5) is 38.1. The van der Waals surface area contributed by atoms with Gasteiger partial charge in [0.15, 0.2) is 6.10 Å². The van der Waals surface area contributed by atoms with Crippen molar-refractivity contribution in [3.05, 3.63) is 97.2 Å². The monoisotopic (exact) mass is 931 g/mol. The lowest BCUT2D eigenvalue weighted by molar-refractivity contribution is -0.167. The summed E-state index contributed by atoms with van der Waals surface area (Å²) >= 11 is 0. The largest absolute Gasteiger partial charge is 0.462 e.